The van der Waals surface area contributed by atoms with Gasteiger partial charge in [0.15, 0.2) is 0 Å². The van der Waals surface area contributed by atoms with Gasteiger partial charge in [-0.25, -0.2) is 4.57 Å². The fourth-order valence-electron chi connectivity index (χ4n) is 6.07. The van der Waals surface area contributed by atoms with Crippen LogP contribution < -0.4 is 5.32 Å². The van der Waals surface area contributed by atoms with Crippen molar-refractivity contribution in [3.05, 3.63) is 36.5 Å². The molecular formula is C44H86N2O6P+. The lowest BCUT2D eigenvalue weighted by atomic mass is 10.0. The molecule has 8 nitrogen and oxygen atoms in total. The molecule has 3 N–H and O–H groups in total. The number of aliphatic hydroxyl groups is 1. The minimum atomic E-state index is -4.33. The summed E-state index contributed by atoms with van der Waals surface area (Å²) < 4.78 is 23.3. The maximum Gasteiger partial charge on any atom is 0.472 e. The lowest BCUT2D eigenvalue weighted by Gasteiger charge is -2.25. The van der Waals surface area contributed by atoms with Crippen LogP contribution in [0.25, 0.3) is 0 Å². The largest absolute Gasteiger partial charge is 0.472 e. The van der Waals surface area contributed by atoms with Crippen LogP contribution in [0.4, 0.5) is 0 Å². The van der Waals surface area contributed by atoms with Gasteiger partial charge in [-0.3, -0.25) is 13.8 Å². The molecule has 0 fully saturated rings. The highest BCUT2D eigenvalue weighted by Gasteiger charge is 2.27. The van der Waals surface area contributed by atoms with Crippen molar-refractivity contribution in [3.8, 4) is 0 Å². The van der Waals surface area contributed by atoms with Crippen molar-refractivity contribution in [1.82, 2.24) is 5.32 Å². The van der Waals surface area contributed by atoms with E-state index in [1.807, 2.05) is 27.2 Å². The molecule has 0 rings (SSSR count). The van der Waals surface area contributed by atoms with E-state index >= 15 is 0 Å². The molecule has 0 heterocycles. The summed E-state index contributed by atoms with van der Waals surface area (Å²) in [7, 11) is 1.54. The number of carbonyl (C=O) groups is 1. The van der Waals surface area contributed by atoms with Crippen LogP contribution in [0.15, 0.2) is 36.5 Å². The number of unbranched alkanes of at least 4 members (excludes halogenated alkanes) is 22. The third-order valence-corrected chi connectivity index (χ3v) is 10.6. The summed E-state index contributed by atoms with van der Waals surface area (Å²) in [5, 5.41) is 13.6. The van der Waals surface area contributed by atoms with Gasteiger partial charge >= 0.3 is 7.82 Å². The van der Waals surface area contributed by atoms with Gasteiger partial charge in [0.1, 0.15) is 13.2 Å². The SMILES string of the molecule is CCCCCCCCCCCCCCCCCC/C=C/CC/C=C/CC/C=C/C(O)C(COP(=O)(O)OCC[N+](C)(C)C)NC(=O)CCCCCCC. The van der Waals surface area contributed by atoms with Crippen LogP contribution >= 0.6 is 7.82 Å². The maximum absolute atomic E-state index is 12.6. The summed E-state index contributed by atoms with van der Waals surface area (Å²) in [5.41, 5.74) is 0. The van der Waals surface area contributed by atoms with Gasteiger partial charge in [0.05, 0.1) is 39.9 Å². The Balaban J connectivity index is 4.17. The fourth-order valence-corrected chi connectivity index (χ4v) is 6.81. The molecule has 0 saturated carbocycles. The first-order chi connectivity index (χ1) is 25.5. The molecule has 1 amide bonds. The van der Waals surface area contributed by atoms with Crippen molar-refractivity contribution in [2.24, 2.45) is 0 Å². The van der Waals surface area contributed by atoms with Crippen LogP contribution in [0.1, 0.15) is 187 Å². The second-order valence-electron chi connectivity index (χ2n) is 16.1. The van der Waals surface area contributed by atoms with Crippen LogP contribution in [0, 0.1) is 0 Å². The van der Waals surface area contributed by atoms with Crippen molar-refractivity contribution in [2.45, 2.75) is 199 Å². The molecule has 3 atom stereocenters. The number of hydrogen-bond acceptors (Lipinski definition) is 5. The third kappa shape index (κ3) is 38.8. The number of likely N-dealkylation sites (N-methyl/N-ethyl adjacent to an activating group) is 1. The molecule has 0 radical (unpaired) electrons. The topological polar surface area (TPSA) is 105 Å². The predicted octanol–water partition coefficient (Wildman–Crippen LogP) is 11.9. The molecule has 0 aliphatic rings. The minimum Gasteiger partial charge on any atom is -0.387 e. The molecule has 0 bridgehead atoms. The normalized spacial score (nSPS) is 14.8. The Morgan fingerprint density at radius 2 is 1.04 bits per heavy atom. The smallest absolute Gasteiger partial charge is 0.387 e. The Hall–Kier alpha value is -1.28. The maximum atomic E-state index is 12.6. The van der Waals surface area contributed by atoms with Crippen molar-refractivity contribution in [3.63, 3.8) is 0 Å². The molecular weight excluding hydrogens is 683 g/mol. The number of carbonyl (C=O) groups excluding carboxylic acids is 1. The number of rotatable bonds is 39. The van der Waals surface area contributed by atoms with Gasteiger partial charge < -0.3 is 19.8 Å². The molecule has 53 heavy (non-hydrogen) atoms. The summed E-state index contributed by atoms with van der Waals surface area (Å²) in [4.78, 5) is 22.8. The van der Waals surface area contributed by atoms with Gasteiger partial charge in [0, 0.05) is 6.42 Å². The van der Waals surface area contributed by atoms with Gasteiger partial charge in [0.25, 0.3) is 0 Å². The van der Waals surface area contributed by atoms with E-state index in [1.165, 1.54) is 109 Å². The van der Waals surface area contributed by atoms with Crippen molar-refractivity contribution >= 4 is 13.7 Å². The first-order valence-corrected chi connectivity index (χ1v) is 23.4. The molecule has 312 valence electrons. The highest BCUT2D eigenvalue weighted by molar-refractivity contribution is 7.47. The monoisotopic (exact) mass is 770 g/mol. The van der Waals surface area contributed by atoms with Gasteiger partial charge in [-0.1, -0.05) is 172 Å². The van der Waals surface area contributed by atoms with E-state index in [9.17, 15) is 19.4 Å². The fraction of sp³-hybridized carbons (Fsp3) is 0.841. The Bertz CT molecular complexity index is 964. The van der Waals surface area contributed by atoms with Crippen LogP contribution in [0.5, 0.6) is 0 Å². The standard InChI is InChI=1S/C44H85N2O6P/c1-6-8-10-12-13-14-15-16-17-18-19-20-21-22-23-24-25-26-27-28-29-30-31-32-34-35-37-43(47)42(45-44(48)38-36-33-11-9-7-2)41-52-53(49,50)51-40-39-46(3,4)5/h26-27,30-31,35,37,42-43,47H,6-25,28-29,32-34,36,38-41H2,1-5H3,(H-,45,48,49,50)/p+1/b27-26+,31-30+,37-35+. The Morgan fingerprint density at radius 1 is 0.623 bits per heavy atom. The zero-order valence-corrected chi connectivity index (χ0v) is 36.1. The molecule has 0 aromatic rings. The second kappa shape index (κ2) is 36.4. The number of phosphoric ester groups is 1. The number of amides is 1. The molecule has 0 aromatic carbocycles. The number of hydrogen-bond donors (Lipinski definition) is 3. The van der Waals surface area contributed by atoms with Gasteiger partial charge in [-0.2, -0.15) is 0 Å². The second-order valence-corrected chi connectivity index (χ2v) is 17.5. The summed E-state index contributed by atoms with van der Waals surface area (Å²) >= 11 is 0. The number of nitrogens with one attached hydrogen (secondary N) is 1. The summed E-state index contributed by atoms with van der Waals surface area (Å²) in [6.07, 6.45) is 44.2. The number of quaternary nitrogens is 1. The highest BCUT2D eigenvalue weighted by atomic mass is 31.2. The number of aliphatic hydroxyl groups excluding tert-OH is 1. The minimum absolute atomic E-state index is 0.0535. The van der Waals surface area contributed by atoms with Crippen LogP contribution in [0.2, 0.25) is 0 Å². The molecule has 3 unspecified atom stereocenters. The van der Waals surface area contributed by atoms with E-state index in [-0.39, 0.29) is 19.1 Å². The van der Waals surface area contributed by atoms with Gasteiger partial charge in [0.2, 0.25) is 5.91 Å². The number of phosphoric acid groups is 1. The van der Waals surface area contributed by atoms with Crippen molar-refractivity contribution in [2.75, 3.05) is 40.9 Å². The molecule has 0 aliphatic carbocycles. The Labute approximate surface area is 327 Å². The number of nitrogens with zero attached hydrogens (tertiary/aromatic N) is 1. The number of allylic oxidation sites excluding steroid dienone is 5. The van der Waals surface area contributed by atoms with E-state index in [2.05, 4.69) is 43.5 Å². The Kier molecular flexibility index (Phi) is 35.5. The van der Waals surface area contributed by atoms with Crippen molar-refractivity contribution in [1.29, 1.82) is 0 Å². The van der Waals surface area contributed by atoms with Gasteiger partial charge in [-0.15, -0.1) is 0 Å². The van der Waals surface area contributed by atoms with Crippen LogP contribution in [-0.4, -0.2) is 73.4 Å². The quantitative estimate of drug-likeness (QED) is 0.0249. The van der Waals surface area contributed by atoms with Crippen LogP contribution in [0.3, 0.4) is 0 Å². The average Bonchev–Trinajstić information content (AvgIpc) is 3.10. The molecule has 9 heteroatoms. The van der Waals surface area contributed by atoms with Crippen LogP contribution in [-0.2, 0) is 18.4 Å². The zero-order valence-electron chi connectivity index (χ0n) is 35.3. The van der Waals surface area contributed by atoms with E-state index in [1.54, 1.807) is 6.08 Å². The lowest BCUT2D eigenvalue weighted by Crippen LogP contribution is -2.45. The van der Waals surface area contributed by atoms with E-state index < -0.39 is 20.0 Å². The molecule has 0 aliphatic heterocycles. The first-order valence-electron chi connectivity index (χ1n) is 21.9. The van der Waals surface area contributed by atoms with Crippen molar-refractivity contribution < 1.29 is 32.9 Å². The van der Waals surface area contributed by atoms with Gasteiger partial charge in [-0.05, 0) is 44.9 Å². The highest BCUT2D eigenvalue weighted by Crippen LogP contribution is 2.43. The Morgan fingerprint density at radius 3 is 1.51 bits per heavy atom. The van der Waals surface area contributed by atoms with E-state index in [0.717, 1.165) is 57.8 Å². The van der Waals surface area contributed by atoms with E-state index in [0.29, 0.717) is 17.4 Å². The van der Waals surface area contributed by atoms with E-state index in [4.69, 9.17) is 9.05 Å². The third-order valence-electron chi connectivity index (χ3n) is 9.59. The molecule has 0 aromatic heterocycles. The first kappa shape index (κ1) is 51.7. The predicted molar refractivity (Wildman–Crippen MR) is 226 cm³/mol. The lowest BCUT2D eigenvalue weighted by molar-refractivity contribution is -0.870. The summed E-state index contributed by atoms with van der Waals surface area (Å²) in [5.74, 6) is -0.205. The summed E-state index contributed by atoms with van der Waals surface area (Å²) in [6.45, 7) is 4.68. The zero-order chi connectivity index (χ0) is 39.3. The average molecular weight is 770 g/mol. The molecule has 0 spiro atoms. The summed E-state index contributed by atoms with van der Waals surface area (Å²) in [6, 6.07) is -0.863. The molecule has 0 saturated heterocycles.